The van der Waals surface area contributed by atoms with E-state index in [1.807, 2.05) is 50.2 Å². The first-order valence-electron chi connectivity index (χ1n) is 11.0. The van der Waals surface area contributed by atoms with Gasteiger partial charge in [-0.2, -0.15) is 15.0 Å². The lowest BCUT2D eigenvalue weighted by atomic mass is 10.0. The van der Waals surface area contributed by atoms with Gasteiger partial charge >= 0.3 is 0 Å². The summed E-state index contributed by atoms with van der Waals surface area (Å²) in [4.78, 5) is 14.0. The monoisotopic (exact) mass is 445 g/mol. The molecule has 0 saturated heterocycles. The smallest absolute Gasteiger partial charge is 0.156 e. The van der Waals surface area contributed by atoms with Crippen molar-refractivity contribution in [2.24, 2.45) is 0 Å². The maximum Gasteiger partial charge on any atom is 0.156 e. The lowest BCUT2D eigenvalue weighted by Gasteiger charge is -2.16. The zero-order valence-corrected chi connectivity index (χ0v) is 19.2. The Morgan fingerprint density at radius 3 is 2.50 bits per heavy atom. The molecule has 0 unspecified atom stereocenters. The predicted molar refractivity (Wildman–Crippen MR) is 132 cm³/mol. The number of hydrogen-bond donors (Lipinski definition) is 1. The van der Waals surface area contributed by atoms with Gasteiger partial charge in [-0.3, -0.25) is 0 Å². The highest BCUT2D eigenvalue weighted by Gasteiger charge is 2.18. The predicted octanol–water partition coefficient (Wildman–Crippen LogP) is 5.34. The van der Waals surface area contributed by atoms with Crippen LogP contribution in [0, 0.1) is 32.1 Å². The highest BCUT2D eigenvalue weighted by molar-refractivity contribution is 5.79. The molecule has 0 aliphatic carbocycles. The summed E-state index contributed by atoms with van der Waals surface area (Å²) < 4.78 is 1.65. The minimum Gasteiger partial charge on any atom is -0.323 e. The van der Waals surface area contributed by atoms with Gasteiger partial charge in [-0.05, 0) is 44.5 Å². The van der Waals surface area contributed by atoms with E-state index in [0.29, 0.717) is 35.3 Å². The molecule has 7 heteroatoms. The van der Waals surface area contributed by atoms with Crippen molar-refractivity contribution in [2.75, 3.05) is 5.32 Å². The van der Waals surface area contributed by atoms with Crippen LogP contribution in [0.25, 0.3) is 16.7 Å². The Hall–Kier alpha value is -4.57. The van der Waals surface area contributed by atoms with Gasteiger partial charge < -0.3 is 5.32 Å². The standard InChI is InChI=1S/C27H23N7/c1-17-8-10-20(11-9-17)14-23-18(2)30-19(3)31-26(23)33-27-22(15-28)16-29-34(27)25-13-12-21-6-4-5-7-24(21)32-25/h4-13,16H,14H2,1-3H3,(H,30,31,33). The lowest BCUT2D eigenvalue weighted by Crippen LogP contribution is -2.10. The van der Waals surface area contributed by atoms with Crippen molar-refractivity contribution in [1.82, 2.24) is 24.7 Å². The van der Waals surface area contributed by atoms with Gasteiger partial charge in [-0.15, -0.1) is 0 Å². The van der Waals surface area contributed by atoms with Crippen LogP contribution in [-0.4, -0.2) is 24.7 Å². The second-order valence-electron chi connectivity index (χ2n) is 8.26. The fourth-order valence-electron chi connectivity index (χ4n) is 3.97. The molecule has 0 fully saturated rings. The van der Waals surface area contributed by atoms with E-state index in [-0.39, 0.29) is 0 Å². The maximum absolute atomic E-state index is 9.77. The minimum atomic E-state index is 0.408. The van der Waals surface area contributed by atoms with Gasteiger partial charge in [0.15, 0.2) is 11.6 Å². The first kappa shape index (κ1) is 21.3. The summed E-state index contributed by atoms with van der Waals surface area (Å²) in [5, 5.41) is 18.7. The fraction of sp³-hybridized carbons (Fsp3) is 0.148. The Balaban J connectivity index is 1.59. The Kier molecular flexibility index (Phi) is 5.48. The molecule has 0 aliphatic rings. The van der Waals surface area contributed by atoms with Crippen LogP contribution in [0.4, 0.5) is 11.6 Å². The van der Waals surface area contributed by atoms with Crippen LogP contribution in [0.1, 0.15) is 33.8 Å². The molecule has 0 atom stereocenters. The van der Waals surface area contributed by atoms with E-state index in [1.165, 1.54) is 5.56 Å². The molecule has 3 aromatic heterocycles. The maximum atomic E-state index is 9.77. The van der Waals surface area contributed by atoms with Crippen molar-refractivity contribution >= 4 is 22.5 Å². The number of fused-ring (bicyclic) bond motifs is 1. The quantitative estimate of drug-likeness (QED) is 0.392. The molecule has 5 aromatic rings. The number of hydrogen-bond acceptors (Lipinski definition) is 6. The number of nitrogens with zero attached hydrogens (tertiary/aromatic N) is 6. The molecule has 0 spiro atoms. The SMILES string of the molecule is Cc1ccc(Cc2c(C)nc(C)nc2Nc2c(C#N)cnn2-c2ccc3ccccc3n2)cc1. The topological polar surface area (TPSA) is 92.3 Å². The average Bonchev–Trinajstić information content (AvgIpc) is 3.24. The Morgan fingerprint density at radius 1 is 0.912 bits per heavy atom. The first-order chi connectivity index (χ1) is 16.5. The summed E-state index contributed by atoms with van der Waals surface area (Å²) in [5.74, 6) is 2.45. The largest absolute Gasteiger partial charge is 0.323 e. The number of benzene rings is 2. The number of rotatable bonds is 5. The van der Waals surface area contributed by atoms with Crippen molar-refractivity contribution in [1.29, 1.82) is 5.26 Å². The van der Waals surface area contributed by atoms with Crippen LogP contribution in [0.5, 0.6) is 0 Å². The van der Waals surface area contributed by atoms with Crippen molar-refractivity contribution in [3.05, 3.63) is 101 Å². The van der Waals surface area contributed by atoms with Gasteiger partial charge in [0.05, 0.1) is 11.7 Å². The van der Waals surface area contributed by atoms with Crippen LogP contribution < -0.4 is 5.32 Å². The first-order valence-corrected chi connectivity index (χ1v) is 11.0. The van der Waals surface area contributed by atoms with E-state index in [0.717, 1.165) is 27.7 Å². The third-order valence-electron chi connectivity index (χ3n) is 5.75. The molecule has 34 heavy (non-hydrogen) atoms. The van der Waals surface area contributed by atoms with Gasteiger partial charge in [0.1, 0.15) is 23.3 Å². The van der Waals surface area contributed by atoms with Crippen molar-refractivity contribution < 1.29 is 0 Å². The normalized spacial score (nSPS) is 10.9. The highest BCUT2D eigenvalue weighted by atomic mass is 15.4. The lowest BCUT2D eigenvalue weighted by molar-refractivity contribution is 0.856. The number of aromatic nitrogens is 5. The molecular weight excluding hydrogens is 422 g/mol. The van der Waals surface area contributed by atoms with E-state index in [4.69, 9.17) is 4.98 Å². The number of nitriles is 1. The van der Waals surface area contributed by atoms with E-state index < -0.39 is 0 Å². The van der Waals surface area contributed by atoms with Crippen LogP contribution in [-0.2, 0) is 6.42 Å². The molecule has 166 valence electrons. The minimum absolute atomic E-state index is 0.408. The van der Waals surface area contributed by atoms with Crippen molar-refractivity contribution in [3.8, 4) is 11.9 Å². The zero-order chi connectivity index (χ0) is 23.7. The summed E-state index contributed by atoms with van der Waals surface area (Å²) >= 11 is 0. The molecule has 0 radical (unpaired) electrons. The van der Waals surface area contributed by atoms with E-state index >= 15 is 0 Å². The van der Waals surface area contributed by atoms with Crippen LogP contribution >= 0.6 is 0 Å². The average molecular weight is 446 g/mol. The molecular formula is C27H23N7. The van der Waals surface area contributed by atoms with Gasteiger partial charge in [0.25, 0.3) is 0 Å². The highest BCUT2D eigenvalue weighted by Crippen LogP contribution is 2.28. The fourth-order valence-corrected chi connectivity index (χ4v) is 3.97. The van der Waals surface area contributed by atoms with Crippen LogP contribution in [0.3, 0.4) is 0 Å². The molecule has 5 rings (SSSR count). The summed E-state index contributed by atoms with van der Waals surface area (Å²) in [6.45, 7) is 5.92. The summed E-state index contributed by atoms with van der Waals surface area (Å²) in [6.07, 6.45) is 2.21. The molecule has 0 bridgehead atoms. The zero-order valence-electron chi connectivity index (χ0n) is 19.2. The second kappa shape index (κ2) is 8.75. The third-order valence-corrected chi connectivity index (χ3v) is 5.75. The van der Waals surface area contributed by atoms with Gasteiger partial charge in [0.2, 0.25) is 0 Å². The molecule has 0 amide bonds. The van der Waals surface area contributed by atoms with Crippen LogP contribution in [0.2, 0.25) is 0 Å². The Bertz CT molecular complexity index is 1540. The number of nitrogens with one attached hydrogen (secondary N) is 1. The Labute approximate surface area is 197 Å². The molecule has 1 N–H and O–H groups in total. The van der Waals surface area contributed by atoms with Crippen molar-refractivity contribution in [3.63, 3.8) is 0 Å². The van der Waals surface area contributed by atoms with E-state index in [9.17, 15) is 5.26 Å². The number of anilines is 2. The molecule has 0 aliphatic heterocycles. The van der Waals surface area contributed by atoms with Crippen LogP contribution in [0.15, 0.2) is 66.9 Å². The van der Waals surface area contributed by atoms with Crippen molar-refractivity contribution in [2.45, 2.75) is 27.2 Å². The van der Waals surface area contributed by atoms with Gasteiger partial charge in [-0.25, -0.2) is 15.0 Å². The second-order valence-corrected chi connectivity index (χ2v) is 8.26. The van der Waals surface area contributed by atoms with Gasteiger partial charge in [-0.1, -0.05) is 48.0 Å². The molecule has 7 nitrogen and oxygen atoms in total. The van der Waals surface area contributed by atoms with E-state index in [1.54, 1.807) is 10.9 Å². The van der Waals surface area contributed by atoms with E-state index in [2.05, 4.69) is 57.6 Å². The third kappa shape index (κ3) is 4.09. The molecule has 3 heterocycles. The summed E-state index contributed by atoms with van der Waals surface area (Å²) in [7, 11) is 0. The number of pyridine rings is 1. The number of aryl methyl sites for hydroxylation is 3. The molecule has 0 saturated carbocycles. The van der Waals surface area contributed by atoms with Gasteiger partial charge in [0, 0.05) is 23.1 Å². The summed E-state index contributed by atoms with van der Waals surface area (Å²) in [6, 6.07) is 22.4. The number of para-hydroxylation sites is 1. The molecule has 2 aromatic carbocycles. The summed E-state index contributed by atoms with van der Waals surface area (Å²) in [5.41, 5.74) is 5.50. The Morgan fingerprint density at radius 2 is 1.71 bits per heavy atom.